The molecule has 98 valence electrons. The van der Waals surface area contributed by atoms with E-state index < -0.39 is 5.41 Å². The lowest BCUT2D eigenvalue weighted by atomic mass is 9.79. The third kappa shape index (κ3) is 2.77. The van der Waals surface area contributed by atoms with Crippen molar-refractivity contribution in [2.75, 3.05) is 25.1 Å². The Labute approximate surface area is 110 Å². The zero-order valence-corrected chi connectivity index (χ0v) is 10.6. The van der Waals surface area contributed by atoms with Gasteiger partial charge in [0.25, 0.3) is 0 Å². The topological polar surface area (TPSA) is 90.1 Å². The Morgan fingerprint density at radius 3 is 2.89 bits per heavy atom. The smallest absolute Gasteiger partial charge is 0.233 e. The van der Waals surface area contributed by atoms with Crippen LogP contribution in [0.4, 0.5) is 5.82 Å². The van der Waals surface area contributed by atoms with Crippen molar-refractivity contribution in [3.63, 3.8) is 0 Å². The van der Waals surface area contributed by atoms with Gasteiger partial charge in [0.15, 0.2) is 0 Å². The molecule has 18 heavy (non-hydrogen) atoms. The summed E-state index contributed by atoms with van der Waals surface area (Å²) in [6.45, 7) is 1.39. The fourth-order valence-corrected chi connectivity index (χ4v) is 2.09. The van der Waals surface area contributed by atoms with Crippen LogP contribution in [-0.2, 0) is 9.53 Å². The highest BCUT2D eigenvalue weighted by molar-refractivity contribution is 6.28. The van der Waals surface area contributed by atoms with E-state index in [2.05, 4.69) is 15.3 Å². The van der Waals surface area contributed by atoms with Gasteiger partial charge in [0, 0.05) is 26.0 Å². The van der Waals surface area contributed by atoms with E-state index in [4.69, 9.17) is 22.1 Å². The highest BCUT2D eigenvalue weighted by Crippen LogP contribution is 2.30. The Morgan fingerprint density at radius 2 is 2.28 bits per heavy atom. The van der Waals surface area contributed by atoms with Crippen LogP contribution in [0, 0.1) is 5.41 Å². The Hall–Kier alpha value is -1.24. The predicted molar refractivity (Wildman–Crippen MR) is 67.2 cm³/mol. The lowest BCUT2D eigenvalue weighted by Gasteiger charge is -2.34. The van der Waals surface area contributed by atoms with E-state index >= 15 is 0 Å². The molecule has 1 aliphatic heterocycles. The monoisotopic (exact) mass is 270 g/mol. The summed E-state index contributed by atoms with van der Waals surface area (Å²) in [6.07, 6.45) is 2.73. The molecule has 0 atom stereocenters. The second-order valence-corrected chi connectivity index (χ2v) is 4.60. The summed E-state index contributed by atoms with van der Waals surface area (Å²) in [7, 11) is 0. The number of amides is 1. The second-order valence-electron chi connectivity index (χ2n) is 4.26. The fraction of sp³-hybridized carbons (Fsp3) is 0.545. The SMILES string of the molecule is NCC1(C(=O)Nc2ccnc(Cl)n2)CCOCC1. The molecule has 1 saturated heterocycles. The standard InChI is InChI=1S/C11H15ClN4O2/c12-10-14-4-1-8(16-10)15-9(17)11(7-13)2-5-18-6-3-11/h1,4H,2-3,5-7,13H2,(H,14,15,16,17). The van der Waals surface area contributed by atoms with Crippen molar-refractivity contribution in [3.05, 3.63) is 17.5 Å². The van der Waals surface area contributed by atoms with Gasteiger partial charge in [-0.3, -0.25) is 4.79 Å². The minimum absolute atomic E-state index is 0.0987. The summed E-state index contributed by atoms with van der Waals surface area (Å²) in [6, 6.07) is 1.59. The largest absolute Gasteiger partial charge is 0.381 e. The van der Waals surface area contributed by atoms with E-state index in [0.717, 1.165) is 0 Å². The van der Waals surface area contributed by atoms with Gasteiger partial charge in [0.05, 0.1) is 5.41 Å². The van der Waals surface area contributed by atoms with Crippen molar-refractivity contribution in [1.82, 2.24) is 9.97 Å². The molecule has 0 unspecified atom stereocenters. The number of aromatic nitrogens is 2. The number of nitrogens with zero attached hydrogens (tertiary/aromatic N) is 2. The number of nitrogens with two attached hydrogens (primary N) is 1. The molecule has 1 aliphatic rings. The Balaban J connectivity index is 2.10. The highest BCUT2D eigenvalue weighted by Gasteiger charge is 2.38. The lowest BCUT2D eigenvalue weighted by Crippen LogP contribution is -2.46. The first-order chi connectivity index (χ1) is 8.66. The average molecular weight is 271 g/mol. The third-order valence-electron chi connectivity index (χ3n) is 3.19. The van der Waals surface area contributed by atoms with Crippen LogP contribution in [0.1, 0.15) is 12.8 Å². The van der Waals surface area contributed by atoms with Crippen LogP contribution in [0.15, 0.2) is 12.3 Å². The summed E-state index contributed by atoms with van der Waals surface area (Å²) in [5.41, 5.74) is 5.17. The molecular weight excluding hydrogens is 256 g/mol. The Kier molecular flexibility index (Phi) is 4.11. The first kappa shape index (κ1) is 13.2. The third-order valence-corrected chi connectivity index (χ3v) is 3.37. The van der Waals surface area contributed by atoms with Gasteiger partial charge in [-0.15, -0.1) is 0 Å². The molecule has 6 nitrogen and oxygen atoms in total. The van der Waals surface area contributed by atoms with Crippen LogP contribution in [0.2, 0.25) is 5.28 Å². The number of halogens is 1. The Morgan fingerprint density at radius 1 is 1.56 bits per heavy atom. The van der Waals surface area contributed by atoms with E-state index in [1.807, 2.05) is 0 Å². The summed E-state index contributed by atoms with van der Waals surface area (Å²) < 4.78 is 5.26. The molecule has 0 aliphatic carbocycles. The van der Waals surface area contributed by atoms with Gasteiger partial charge in [-0.05, 0) is 30.5 Å². The molecule has 1 aromatic rings. The van der Waals surface area contributed by atoms with Gasteiger partial charge in [-0.2, -0.15) is 0 Å². The minimum atomic E-state index is -0.574. The van der Waals surface area contributed by atoms with Crippen LogP contribution in [0.5, 0.6) is 0 Å². The fourth-order valence-electron chi connectivity index (χ4n) is 1.94. The number of carbonyl (C=O) groups is 1. The first-order valence-corrected chi connectivity index (χ1v) is 6.12. The molecule has 0 bridgehead atoms. The van der Waals surface area contributed by atoms with Gasteiger partial charge < -0.3 is 15.8 Å². The van der Waals surface area contributed by atoms with E-state index in [1.165, 1.54) is 6.20 Å². The van der Waals surface area contributed by atoms with Crippen molar-refractivity contribution in [1.29, 1.82) is 0 Å². The summed E-state index contributed by atoms with van der Waals surface area (Å²) >= 11 is 5.66. The van der Waals surface area contributed by atoms with Crippen molar-refractivity contribution >= 4 is 23.3 Å². The molecule has 7 heteroatoms. The van der Waals surface area contributed by atoms with Crippen molar-refractivity contribution in [3.8, 4) is 0 Å². The van der Waals surface area contributed by atoms with Gasteiger partial charge in [0.1, 0.15) is 5.82 Å². The maximum absolute atomic E-state index is 12.3. The molecule has 0 saturated carbocycles. The molecular formula is C11H15ClN4O2. The maximum Gasteiger partial charge on any atom is 0.233 e. The summed E-state index contributed by atoms with van der Waals surface area (Å²) in [5.74, 6) is 0.252. The molecule has 2 rings (SSSR count). The summed E-state index contributed by atoms with van der Waals surface area (Å²) in [5, 5.41) is 2.83. The van der Waals surface area contributed by atoms with E-state index in [-0.39, 0.29) is 11.2 Å². The molecule has 2 heterocycles. The zero-order chi connectivity index (χ0) is 13.0. The van der Waals surface area contributed by atoms with Crippen molar-refractivity contribution in [2.45, 2.75) is 12.8 Å². The number of rotatable bonds is 3. The van der Waals surface area contributed by atoms with E-state index in [0.29, 0.717) is 38.4 Å². The summed E-state index contributed by atoms with van der Waals surface area (Å²) in [4.78, 5) is 20.0. The van der Waals surface area contributed by atoms with E-state index in [1.54, 1.807) is 6.07 Å². The molecule has 1 fully saturated rings. The molecule has 1 amide bonds. The van der Waals surface area contributed by atoms with Crippen LogP contribution < -0.4 is 11.1 Å². The predicted octanol–water partition coefficient (Wildman–Crippen LogP) is 0.824. The van der Waals surface area contributed by atoms with Gasteiger partial charge in [0.2, 0.25) is 11.2 Å². The van der Waals surface area contributed by atoms with Crippen LogP contribution in [0.3, 0.4) is 0 Å². The minimum Gasteiger partial charge on any atom is -0.381 e. The lowest BCUT2D eigenvalue weighted by molar-refractivity contribution is -0.130. The number of carbonyl (C=O) groups excluding carboxylic acids is 1. The van der Waals surface area contributed by atoms with Crippen LogP contribution in [-0.4, -0.2) is 35.6 Å². The van der Waals surface area contributed by atoms with Gasteiger partial charge in [-0.25, -0.2) is 9.97 Å². The van der Waals surface area contributed by atoms with E-state index in [9.17, 15) is 4.79 Å². The number of nitrogens with one attached hydrogen (secondary N) is 1. The van der Waals surface area contributed by atoms with Crippen LogP contribution in [0.25, 0.3) is 0 Å². The number of anilines is 1. The normalized spacial score (nSPS) is 18.3. The molecule has 1 aromatic heterocycles. The maximum atomic E-state index is 12.3. The second kappa shape index (κ2) is 5.60. The molecule has 3 N–H and O–H groups in total. The van der Waals surface area contributed by atoms with Crippen molar-refractivity contribution in [2.24, 2.45) is 11.1 Å². The first-order valence-electron chi connectivity index (χ1n) is 5.74. The highest BCUT2D eigenvalue weighted by atomic mass is 35.5. The quantitative estimate of drug-likeness (QED) is 0.794. The Bertz CT molecular complexity index is 435. The van der Waals surface area contributed by atoms with Gasteiger partial charge >= 0.3 is 0 Å². The molecule has 0 spiro atoms. The van der Waals surface area contributed by atoms with Crippen molar-refractivity contribution < 1.29 is 9.53 Å². The average Bonchev–Trinajstić information content (AvgIpc) is 2.39. The number of ether oxygens (including phenoxy) is 1. The zero-order valence-electron chi connectivity index (χ0n) is 9.86. The van der Waals surface area contributed by atoms with Gasteiger partial charge in [-0.1, -0.05) is 0 Å². The number of hydrogen-bond acceptors (Lipinski definition) is 5. The molecule has 0 radical (unpaired) electrons. The number of hydrogen-bond donors (Lipinski definition) is 2. The molecule has 0 aromatic carbocycles. The van der Waals surface area contributed by atoms with Crippen LogP contribution >= 0.6 is 11.6 Å².